The van der Waals surface area contributed by atoms with Gasteiger partial charge in [0.05, 0.1) is 0 Å². The average molecular weight is 397 g/mol. The van der Waals surface area contributed by atoms with Gasteiger partial charge in [0, 0.05) is 38.3 Å². The van der Waals surface area contributed by atoms with Crippen LogP contribution in [0.15, 0.2) is 84.9 Å². The highest BCUT2D eigenvalue weighted by Crippen LogP contribution is 2.22. The lowest BCUT2D eigenvalue weighted by Gasteiger charge is -2.35. The minimum atomic E-state index is 0.112. The van der Waals surface area contributed by atoms with Gasteiger partial charge in [-0.25, -0.2) is 0 Å². The second-order valence-electron chi connectivity index (χ2n) is 7.83. The molecule has 0 radical (unpaired) electrons. The summed E-state index contributed by atoms with van der Waals surface area (Å²) < 4.78 is 0. The van der Waals surface area contributed by atoms with Gasteiger partial charge in [0.15, 0.2) is 0 Å². The molecular weight excluding hydrogens is 368 g/mol. The van der Waals surface area contributed by atoms with E-state index < -0.39 is 0 Å². The molecule has 4 rings (SSSR count). The Hall–Kier alpha value is -3.17. The normalized spacial score (nSPS) is 15.2. The Kier molecular flexibility index (Phi) is 6.41. The Morgan fingerprint density at radius 1 is 0.800 bits per heavy atom. The molecule has 3 aromatic carbocycles. The fourth-order valence-corrected chi connectivity index (χ4v) is 3.91. The third kappa shape index (κ3) is 4.87. The summed E-state index contributed by atoms with van der Waals surface area (Å²) in [6.07, 6.45) is 2.01. The molecule has 0 bridgehead atoms. The molecule has 152 valence electrons. The van der Waals surface area contributed by atoms with Gasteiger partial charge in [0.1, 0.15) is 0 Å². The molecule has 3 nitrogen and oxygen atoms in total. The van der Waals surface area contributed by atoms with Crippen molar-refractivity contribution in [2.45, 2.75) is 13.5 Å². The zero-order valence-electron chi connectivity index (χ0n) is 17.5. The molecule has 0 unspecified atom stereocenters. The molecule has 30 heavy (non-hydrogen) atoms. The Balaban J connectivity index is 1.48. The highest BCUT2D eigenvalue weighted by molar-refractivity contribution is 6.24. The molecule has 1 saturated heterocycles. The summed E-state index contributed by atoms with van der Waals surface area (Å²) >= 11 is 0. The van der Waals surface area contributed by atoms with Gasteiger partial charge < -0.3 is 4.90 Å². The molecule has 0 saturated carbocycles. The first-order chi connectivity index (χ1) is 14.7. The van der Waals surface area contributed by atoms with E-state index in [1.54, 1.807) is 0 Å². The summed E-state index contributed by atoms with van der Waals surface area (Å²) in [4.78, 5) is 17.9. The summed E-state index contributed by atoms with van der Waals surface area (Å²) in [5.74, 6) is 0.112. The van der Waals surface area contributed by atoms with Crippen LogP contribution < -0.4 is 0 Å². The maximum absolute atomic E-state index is 13.5. The summed E-state index contributed by atoms with van der Waals surface area (Å²) in [7, 11) is 0. The number of carbonyl (C=O) groups excluding carboxylic acids is 1. The lowest BCUT2D eigenvalue weighted by Crippen LogP contribution is -2.48. The van der Waals surface area contributed by atoms with Gasteiger partial charge in [-0.2, -0.15) is 0 Å². The SMILES string of the molecule is Cc1ccccc1CN1CCN(C(=O)/C(=C\c2ccccc2)c2ccccc2)CC1. The number of nitrogens with zero attached hydrogens (tertiary/aromatic N) is 2. The molecule has 0 aliphatic carbocycles. The van der Waals surface area contributed by atoms with E-state index in [9.17, 15) is 4.79 Å². The number of aryl methyl sites for hydroxylation is 1. The lowest BCUT2D eigenvalue weighted by atomic mass is 10.0. The zero-order valence-corrected chi connectivity index (χ0v) is 17.5. The number of piperazine rings is 1. The third-order valence-electron chi connectivity index (χ3n) is 5.74. The molecule has 1 heterocycles. The predicted octanol–water partition coefficient (Wildman–Crippen LogP) is 4.88. The average Bonchev–Trinajstić information content (AvgIpc) is 2.80. The Bertz CT molecular complexity index is 1000. The van der Waals surface area contributed by atoms with Crippen molar-refractivity contribution in [1.29, 1.82) is 0 Å². The van der Waals surface area contributed by atoms with Gasteiger partial charge in [-0.05, 0) is 35.3 Å². The minimum absolute atomic E-state index is 0.112. The van der Waals surface area contributed by atoms with Gasteiger partial charge in [-0.15, -0.1) is 0 Å². The van der Waals surface area contributed by atoms with E-state index in [1.165, 1.54) is 11.1 Å². The van der Waals surface area contributed by atoms with Crippen LogP contribution in [-0.4, -0.2) is 41.9 Å². The molecule has 1 amide bonds. The number of amides is 1. The Morgan fingerprint density at radius 2 is 1.40 bits per heavy atom. The number of carbonyl (C=O) groups is 1. The van der Waals surface area contributed by atoms with Crippen LogP contribution in [0.3, 0.4) is 0 Å². The van der Waals surface area contributed by atoms with E-state index >= 15 is 0 Å². The van der Waals surface area contributed by atoms with Crippen LogP contribution in [0.4, 0.5) is 0 Å². The molecule has 3 heteroatoms. The fourth-order valence-electron chi connectivity index (χ4n) is 3.91. The van der Waals surface area contributed by atoms with Crippen molar-refractivity contribution < 1.29 is 4.79 Å². The molecule has 0 spiro atoms. The quantitative estimate of drug-likeness (QED) is 0.453. The molecule has 0 N–H and O–H groups in total. The first-order valence-corrected chi connectivity index (χ1v) is 10.6. The monoisotopic (exact) mass is 396 g/mol. The first kappa shape index (κ1) is 20.1. The van der Waals surface area contributed by atoms with Crippen LogP contribution in [0, 0.1) is 6.92 Å². The van der Waals surface area contributed by atoms with Crippen LogP contribution in [0.5, 0.6) is 0 Å². The third-order valence-corrected chi connectivity index (χ3v) is 5.74. The van der Waals surface area contributed by atoms with E-state index in [-0.39, 0.29) is 5.91 Å². The number of hydrogen-bond acceptors (Lipinski definition) is 2. The summed E-state index contributed by atoms with van der Waals surface area (Å²) in [6.45, 7) is 6.41. The van der Waals surface area contributed by atoms with Crippen molar-refractivity contribution in [1.82, 2.24) is 9.80 Å². The fraction of sp³-hybridized carbons (Fsp3) is 0.222. The Morgan fingerprint density at radius 3 is 2.07 bits per heavy atom. The van der Waals surface area contributed by atoms with Crippen molar-refractivity contribution in [3.8, 4) is 0 Å². The van der Waals surface area contributed by atoms with Crippen LogP contribution in [0.1, 0.15) is 22.3 Å². The highest BCUT2D eigenvalue weighted by Gasteiger charge is 2.24. The standard InChI is InChI=1S/C27H28N2O/c1-22-10-8-9-15-25(22)21-28-16-18-29(19-17-28)27(30)26(24-13-6-3-7-14-24)20-23-11-4-2-5-12-23/h2-15,20H,16-19,21H2,1H3/b26-20-. The van der Waals surface area contributed by atoms with E-state index in [0.29, 0.717) is 0 Å². The van der Waals surface area contributed by atoms with Gasteiger partial charge in [0.2, 0.25) is 0 Å². The van der Waals surface area contributed by atoms with Gasteiger partial charge in [-0.3, -0.25) is 9.69 Å². The predicted molar refractivity (Wildman–Crippen MR) is 124 cm³/mol. The summed E-state index contributed by atoms with van der Waals surface area (Å²) in [6, 6.07) is 28.6. The highest BCUT2D eigenvalue weighted by atomic mass is 16.2. The van der Waals surface area contributed by atoms with Crippen molar-refractivity contribution in [3.05, 3.63) is 107 Å². The number of benzene rings is 3. The minimum Gasteiger partial charge on any atom is -0.336 e. The molecule has 0 atom stereocenters. The van der Waals surface area contributed by atoms with Crippen molar-refractivity contribution in [2.75, 3.05) is 26.2 Å². The van der Waals surface area contributed by atoms with Crippen LogP contribution in [0.2, 0.25) is 0 Å². The first-order valence-electron chi connectivity index (χ1n) is 10.6. The smallest absolute Gasteiger partial charge is 0.254 e. The molecule has 1 aliphatic rings. The summed E-state index contributed by atoms with van der Waals surface area (Å²) in [5, 5.41) is 0. The van der Waals surface area contributed by atoms with E-state index in [0.717, 1.165) is 49.4 Å². The van der Waals surface area contributed by atoms with E-state index in [2.05, 4.69) is 36.1 Å². The topological polar surface area (TPSA) is 23.6 Å². The molecule has 3 aromatic rings. The maximum atomic E-state index is 13.5. The second kappa shape index (κ2) is 9.55. The van der Waals surface area contributed by atoms with Gasteiger partial charge >= 0.3 is 0 Å². The van der Waals surface area contributed by atoms with Crippen LogP contribution in [0.25, 0.3) is 11.6 Å². The molecular formula is C27H28N2O. The largest absolute Gasteiger partial charge is 0.336 e. The lowest BCUT2D eigenvalue weighted by molar-refractivity contribution is -0.126. The number of rotatable bonds is 5. The van der Waals surface area contributed by atoms with E-state index in [1.807, 2.05) is 71.6 Å². The Labute approximate surface area is 179 Å². The second-order valence-corrected chi connectivity index (χ2v) is 7.83. The van der Waals surface area contributed by atoms with Crippen LogP contribution >= 0.6 is 0 Å². The van der Waals surface area contributed by atoms with Crippen molar-refractivity contribution >= 4 is 17.6 Å². The van der Waals surface area contributed by atoms with Crippen molar-refractivity contribution in [2.24, 2.45) is 0 Å². The van der Waals surface area contributed by atoms with Crippen molar-refractivity contribution in [3.63, 3.8) is 0 Å². The van der Waals surface area contributed by atoms with Crippen LogP contribution in [-0.2, 0) is 11.3 Å². The molecule has 0 aromatic heterocycles. The summed E-state index contributed by atoms with van der Waals surface area (Å²) in [5.41, 5.74) is 5.46. The zero-order chi connectivity index (χ0) is 20.8. The molecule has 1 aliphatic heterocycles. The van der Waals surface area contributed by atoms with Gasteiger partial charge in [0.25, 0.3) is 5.91 Å². The molecule has 1 fully saturated rings. The number of hydrogen-bond donors (Lipinski definition) is 0. The van der Waals surface area contributed by atoms with E-state index in [4.69, 9.17) is 0 Å². The van der Waals surface area contributed by atoms with Gasteiger partial charge in [-0.1, -0.05) is 84.9 Å². The maximum Gasteiger partial charge on any atom is 0.254 e.